The number of ether oxygens (including phenoxy) is 1. The summed E-state index contributed by atoms with van der Waals surface area (Å²) in [6.07, 6.45) is 1.14. The maximum atomic E-state index is 5.36. The van der Waals surface area contributed by atoms with Gasteiger partial charge in [-0.05, 0) is 23.0 Å². The van der Waals surface area contributed by atoms with Gasteiger partial charge in [-0.25, -0.2) is 0 Å². The van der Waals surface area contributed by atoms with Crippen LogP contribution in [-0.2, 0) is 16.6 Å². The Bertz CT molecular complexity index is 358. The van der Waals surface area contributed by atoms with Crippen LogP contribution in [0.5, 0.6) is 0 Å². The average molecular weight is 247 g/mol. The molecule has 1 fully saturated rings. The molecule has 0 N–H and O–H groups in total. The minimum absolute atomic E-state index is 0.253. The third-order valence-corrected chi connectivity index (χ3v) is 3.64. The molecule has 1 heterocycles. The number of nitrogens with zero attached hydrogens (tertiary/aromatic N) is 1. The fraction of sp³-hybridized carbons (Fsp3) is 0.625. The zero-order chi connectivity index (χ0) is 13.0. The minimum Gasteiger partial charge on any atom is -0.379 e. The second kappa shape index (κ2) is 5.85. The maximum Gasteiger partial charge on any atom is 0.0594 e. The van der Waals surface area contributed by atoms with E-state index in [1.807, 2.05) is 0 Å². The van der Waals surface area contributed by atoms with Crippen molar-refractivity contribution in [1.82, 2.24) is 4.90 Å². The summed E-state index contributed by atoms with van der Waals surface area (Å²) in [5, 5.41) is 0. The van der Waals surface area contributed by atoms with Crippen molar-refractivity contribution in [1.29, 1.82) is 0 Å². The summed E-state index contributed by atoms with van der Waals surface area (Å²) < 4.78 is 5.36. The summed E-state index contributed by atoms with van der Waals surface area (Å²) in [6.45, 7) is 11.9. The molecule has 0 amide bonds. The van der Waals surface area contributed by atoms with Gasteiger partial charge in [0.05, 0.1) is 13.2 Å². The number of benzene rings is 1. The van der Waals surface area contributed by atoms with Crippen molar-refractivity contribution in [3.05, 3.63) is 35.4 Å². The fourth-order valence-corrected chi connectivity index (χ4v) is 2.28. The summed E-state index contributed by atoms with van der Waals surface area (Å²) >= 11 is 0. The van der Waals surface area contributed by atoms with E-state index < -0.39 is 0 Å². The summed E-state index contributed by atoms with van der Waals surface area (Å²) in [6, 6.07) is 9.10. The van der Waals surface area contributed by atoms with Gasteiger partial charge in [-0.15, -0.1) is 0 Å². The lowest BCUT2D eigenvalue weighted by molar-refractivity contribution is 0.0384. The van der Waals surface area contributed by atoms with Crippen molar-refractivity contribution < 1.29 is 4.74 Å². The van der Waals surface area contributed by atoms with E-state index in [1.54, 1.807) is 0 Å². The lowest BCUT2D eigenvalue weighted by Crippen LogP contribution is -2.37. The fourth-order valence-electron chi connectivity index (χ4n) is 2.28. The Kier molecular flexibility index (Phi) is 4.41. The quantitative estimate of drug-likeness (QED) is 0.814. The zero-order valence-electron chi connectivity index (χ0n) is 11.9. The molecule has 1 aliphatic rings. The molecule has 2 nitrogen and oxygen atoms in total. The van der Waals surface area contributed by atoms with Crippen LogP contribution in [0.25, 0.3) is 0 Å². The summed E-state index contributed by atoms with van der Waals surface area (Å²) in [5.74, 6) is 0. The first-order chi connectivity index (χ1) is 8.55. The second-order valence-corrected chi connectivity index (χ2v) is 6.15. The molecule has 1 aromatic carbocycles. The van der Waals surface area contributed by atoms with Gasteiger partial charge in [0.1, 0.15) is 0 Å². The van der Waals surface area contributed by atoms with Crippen molar-refractivity contribution in [2.24, 2.45) is 0 Å². The predicted octanol–water partition coefficient (Wildman–Crippen LogP) is 2.86. The summed E-state index contributed by atoms with van der Waals surface area (Å²) in [5.41, 5.74) is 3.11. The van der Waals surface area contributed by atoms with Crippen LogP contribution in [0.1, 0.15) is 31.9 Å². The number of morpholine rings is 1. The molecular formula is C16H25NO. The molecule has 2 heteroatoms. The molecule has 1 aromatic rings. The van der Waals surface area contributed by atoms with E-state index in [1.165, 1.54) is 11.1 Å². The molecule has 0 aromatic heterocycles. The Hall–Kier alpha value is -0.860. The van der Waals surface area contributed by atoms with E-state index >= 15 is 0 Å². The van der Waals surface area contributed by atoms with E-state index in [0.29, 0.717) is 0 Å². The van der Waals surface area contributed by atoms with Crippen LogP contribution >= 0.6 is 0 Å². The van der Waals surface area contributed by atoms with Crippen molar-refractivity contribution in [2.45, 2.75) is 32.6 Å². The van der Waals surface area contributed by atoms with Crippen LogP contribution < -0.4 is 0 Å². The Morgan fingerprint density at radius 2 is 1.67 bits per heavy atom. The second-order valence-electron chi connectivity index (χ2n) is 6.15. The number of rotatable bonds is 3. The van der Waals surface area contributed by atoms with Crippen LogP contribution in [0.2, 0.25) is 0 Å². The smallest absolute Gasteiger partial charge is 0.0594 e. The van der Waals surface area contributed by atoms with Gasteiger partial charge >= 0.3 is 0 Å². The van der Waals surface area contributed by atoms with Crippen LogP contribution in [0.15, 0.2) is 24.3 Å². The first kappa shape index (κ1) is 13.6. The molecule has 2 rings (SSSR count). The molecule has 1 aliphatic heterocycles. The molecule has 0 aliphatic carbocycles. The lowest BCUT2D eigenvalue weighted by atomic mass is 9.86. The van der Waals surface area contributed by atoms with Crippen molar-refractivity contribution >= 4 is 0 Å². The molecule has 100 valence electrons. The highest BCUT2D eigenvalue weighted by atomic mass is 16.5. The van der Waals surface area contributed by atoms with Crippen LogP contribution in [-0.4, -0.2) is 37.7 Å². The molecule has 0 bridgehead atoms. The molecule has 0 saturated carbocycles. The largest absolute Gasteiger partial charge is 0.379 e. The highest BCUT2D eigenvalue weighted by molar-refractivity contribution is 5.27. The third-order valence-electron chi connectivity index (χ3n) is 3.64. The highest BCUT2D eigenvalue weighted by Gasteiger charge is 2.13. The number of hydrogen-bond donors (Lipinski definition) is 0. The van der Waals surface area contributed by atoms with E-state index in [9.17, 15) is 0 Å². The molecule has 0 atom stereocenters. The summed E-state index contributed by atoms with van der Waals surface area (Å²) in [7, 11) is 0. The van der Waals surface area contributed by atoms with Gasteiger partial charge in [0.15, 0.2) is 0 Å². The van der Waals surface area contributed by atoms with Crippen molar-refractivity contribution in [3.8, 4) is 0 Å². The minimum atomic E-state index is 0.253. The molecule has 0 spiro atoms. The first-order valence-electron chi connectivity index (χ1n) is 6.95. The molecular weight excluding hydrogens is 222 g/mol. The van der Waals surface area contributed by atoms with Gasteiger partial charge in [-0.2, -0.15) is 0 Å². The van der Waals surface area contributed by atoms with E-state index in [2.05, 4.69) is 49.9 Å². The van der Waals surface area contributed by atoms with Gasteiger partial charge in [0.2, 0.25) is 0 Å². The topological polar surface area (TPSA) is 12.5 Å². The molecule has 0 unspecified atom stereocenters. The predicted molar refractivity (Wildman–Crippen MR) is 76.1 cm³/mol. The SMILES string of the molecule is CC(C)(C)c1ccc(CCN2CCOCC2)cc1. The van der Waals surface area contributed by atoms with E-state index in [-0.39, 0.29) is 5.41 Å². The first-order valence-corrected chi connectivity index (χ1v) is 6.95. The monoisotopic (exact) mass is 247 g/mol. The third kappa shape index (κ3) is 3.82. The van der Waals surface area contributed by atoms with Crippen molar-refractivity contribution in [2.75, 3.05) is 32.8 Å². The van der Waals surface area contributed by atoms with Crippen LogP contribution in [0.3, 0.4) is 0 Å². The zero-order valence-corrected chi connectivity index (χ0v) is 11.9. The van der Waals surface area contributed by atoms with Crippen LogP contribution in [0, 0.1) is 0 Å². The molecule has 0 radical (unpaired) electrons. The van der Waals surface area contributed by atoms with Crippen molar-refractivity contribution in [3.63, 3.8) is 0 Å². The van der Waals surface area contributed by atoms with Gasteiger partial charge < -0.3 is 4.74 Å². The normalized spacial score (nSPS) is 17.9. The Morgan fingerprint density at radius 1 is 1.06 bits per heavy atom. The standard InChI is InChI=1S/C16H25NO/c1-16(2,3)15-6-4-14(5-7-15)8-9-17-10-12-18-13-11-17/h4-7H,8-13H2,1-3H3. The summed E-state index contributed by atoms with van der Waals surface area (Å²) in [4.78, 5) is 2.49. The Labute approximate surface area is 111 Å². The Morgan fingerprint density at radius 3 is 2.22 bits per heavy atom. The molecule has 1 saturated heterocycles. The highest BCUT2D eigenvalue weighted by Crippen LogP contribution is 2.22. The molecule has 18 heavy (non-hydrogen) atoms. The average Bonchev–Trinajstić information content (AvgIpc) is 2.37. The van der Waals surface area contributed by atoms with E-state index in [4.69, 9.17) is 4.74 Å². The van der Waals surface area contributed by atoms with E-state index in [0.717, 1.165) is 39.3 Å². The van der Waals surface area contributed by atoms with Gasteiger partial charge in [0.25, 0.3) is 0 Å². The Balaban J connectivity index is 1.86. The van der Waals surface area contributed by atoms with Gasteiger partial charge in [0, 0.05) is 19.6 Å². The van der Waals surface area contributed by atoms with Crippen LogP contribution in [0.4, 0.5) is 0 Å². The lowest BCUT2D eigenvalue weighted by Gasteiger charge is -2.26. The maximum absolute atomic E-state index is 5.36. The number of hydrogen-bond acceptors (Lipinski definition) is 2. The van der Waals surface area contributed by atoms with Gasteiger partial charge in [-0.3, -0.25) is 4.90 Å². The van der Waals surface area contributed by atoms with Gasteiger partial charge in [-0.1, -0.05) is 45.0 Å².